The van der Waals surface area contributed by atoms with Gasteiger partial charge in [-0.3, -0.25) is 0 Å². The molecule has 0 radical (unpaired) electrons. The van der Waals surface area contributed by atoms with Crippen LogP contribution in [-0.2, 0) is 4.74 Å². The minimum absolute atomic E-state index is 0.299. The monoisotopic (exact) mass is 141 g/mol. The quantitative estimate of drug-likeness (QED) is 0.496. The SMILES string of the molecule is CN1CCCC2(CCO2)C1. The van der Waals surface area contributed by atoms with E-state index in [4.69, 9.17) is 4.74 Å². The van der Waals surface area contributed by atoms with Crippen LogP contribution in [-0.4, -0.2) is 37.2 Å². The Morgan fingerprint density at radius 1 is 1.40 bits per heavy atom. The fourth-order valence-corrected chi connectivity index (χ4v) is 2.03. The molecule has 58 valence electrons. The lowest BCUT2D eigenvalue weighted by molar-refractivity contribution is -0.173. The number of likely N-dealkylation sites (N-methyl/N-ethyl adjacent to an activating group) is 1. The standard InChI is InChI=1S/C8H15NO/c1-9-5-2-3-8(7-9)4-6-10-8/h2-7H2,1H3. The van der Waals surface area contributed by atoms with Gasteiger partial charge in [-0.15, -0.1) is 0 Å². The Bertz CT molecular complexity index is 131. The van der Waals surface area contributed by atoms with E-state index in [0.29, 0.717) is 5.60 Å². The van der Waals surface area contributed by atoms with Crippen molar-refractivity contribution in [3.05, 3.63) is 0 Å². The van der Waals surface area contributed by atoms with Crippen LogP contribution in [0.3, 0.4) is 0 Å². The molecule has 0 N–H and O–H groups in total. The number of nitrogens with zero attached hydrogens (tertiary/aromatic N) is 1. The highest BCUT2D eigenvalue weighted by Gasteiger charge is 2.40. The van der Waals surface area contributed by atoms with Crippen LogP contribution in [0.5, 0.6) is 0 Å². The van der Waals surface area contributed by atoms with E-state index in [-0.39, 0.29) is 0 Å². The zero-order chi connectivity index (χ0) is 7.03. The van der Waals surface area contributed by atoms with Gasteiger partial charge in [-0.25, -0.2) is 0 Å². The van der Waals surface area contributed by atoms with Gasteiger partial charge in [-0.05, 0) is 26.4 Å². The molecule has 0 saturated carbocycles. The van der Waals surface area contributed by atoms with Gasteiger partial charge in [-0.2, -0.15) is 0 Å². The summed E-state index contributed by atoms with van der Waals surface area (Å²) in [5.41, 5.74) is 0.299. The van der Waals surface area contributed by atoms with Crippen LogP contribution in [0, 0.1) is 0 Å². The van der Waals surface area contributed by atoms with Crippen LogP contribution in [0.25, 0.3) is 0 Å². The fourth-order valence-electron chi connectivity index (χ4n) is 2.03. The first kappa shape index (κ1) is 6.62. The molecule has 1 spiro atoms. The van der Waals surface area contributed by atoms with Crippen molar-refractivity contribution in [2.45, 2.75) is 24.9 Å². The average molecular weight is 141 g/mol. The van der Waals surface area contributed by atoms with Gasteiger partial charge in [0.1, 0.15) is 0 Å². The summed E-state index contributed by atoms with van der Waals surface area (Å²) in [7, 11) is 2.18. The highest BCUT2D eigenvalue weighted by Crippen LogP contribution is 2.34. The Morgan fingerprint density at radius 3 is 2.60 bits per heavy atom. The van der Waals surface area contributed by atoms with E-state index in [1.54, 1.807) is 0 Å². The molecule has 0 aliphatic carbocycles. The van der Waals surface area contributed by atoms with Gasteiger partial charge in [-0.1, -0.05) is 0 Å². The molecule has 2 fully saturated rings. The highest BCUT2D eigenvalue weighted by molar-refractivity contribution is 4.92. The first-order chi connectivity index (χ1) is 4.81. The zero-order valence-corrected chi connectivity index (χ0v) is 6.60. The molecule has 1 unspecified atom stereocenters. The third-order valence-electron chi connectivity index (χ3n) is 2.70. The van der Waals surface area contributed by atoms with Crippen molar-refractivity contribution in [3.63, 3.8) is 0 Å². The number of rotatable bonds is 0. The molecule has 1 atom stereocenters. The Morgan fingerprint density at radius 2 is 2.20 bits per heavy atom. The van der Waals surface area contributed by atoms with Crippen LogP contribution >= 0.6 is 0 Å². The predicted octanol–water partition coefficient (Wildman–Crippen LogP) is 0.871. The van der Waals surface area contributed by atoms with E-state index in [9.17, 15) is 0 Å². The second-order valence-electron chi connectivity index (χ2n) is 3.62. The molecule has 2 heterocycles. The van der Waals surface area contributed by atoms with Crippen molar-refractivity contribution in [2.24, 2.45) is 0 Å². The fraction of sp³-hybridized carbons (Fsp3) is 1.00. The van der Waals surface area contributed by atoms with Gasteiger partial charge in [0.05, 0.1) is 12.2 Å². The molecule has 0 amide bonds. The molecule has 2 aliphatic heterocycles. The van der Waals surface area contributed by atoms with Gasteiger partial charge in [0.15, 0.2) is 0 Å². The molecule has 0 bridgehead atoms. The maximum absolute atomic E-state index is 5.59. The third-order valence-corrected chi connectivity index (χ3v) is 2.70. The van der Waals surface area contributed by atoms with E-state index >= 15 is 0 Å². The molecule has 2 heteroatoms. The van der Waals surface area contributed by atoms with Crippen LogP contribution < -0.4 is 0 Å². The molecule has 10 heavy (non-hydrogen) atoms. The Balaban J connectivity index is 1.96. The maximum atomic E-state index is 5.59. The van der Waals surface area contributed by atoms with Crippen molar-refractivity contribution in [1.29, 1.82) is 0 Å². The second kappa shape index (κ2) is 2.21. The van der Waals surface area contributed by atoms with E-state index in [2.05, 4.69) is 11.9 Å². The summed E-state index contributed by atoms with van der Waals surface area (Å²) in [6, 6.07) is 0. The van der Waals surface area contributed by atoms with Gasteiger partial charge in [0.2, 0.25) is 0 Å². The third kappa shape index (κ3) is 0.956. The summed E-state index contributed by atoms with van der Waals surface area (Å²) < 4.78 is 5.59. The van der Waals surface area contributed by atoms with E-state index < -0.39 is 0 Å². The Kier molecular flexibility index (Phi) is 1.46. The van der Waals surface area contributed by atoms with Crippen molar-refractivity contribution >= 4 is 0 Å². The van der Waals surface area contributed by atoms with E-state index in [0.717, 1.165) is 13.2 Å². The lowest BCUT2D eigenvalue weighted by Gasteiger charge is -2.47. The van der Waals surface area contributed by atoms with E-state index in [1.807, 2.05) is 0 Å². The Labute approximate surface area is 62.2 Å². The number of hydrogen-bond acceptors (Lipinski definition) is 2. The predicted molar refractivity (Wildman–Crippen MR) is 40.0 cm³/mol. The number of hydrogen-bond donors (Lipinski definition) is 0. The minimum Gasteiger partial charge on any atom is -0.373 e. The molecule has 2 aliphatic rings. The normalized spacial score (nSPS) is 41.7. The molecule has 0 aromatic rings. The highest BCUT2D eigenvalue weighted by atomic mass is 16.5. The second-order valence-corrected chi connectivity index (χ2v) is 3.62. The summed E-state index contributed by atoms with van der Waals surface area (Å²) in [6.07, 6.45) is 3.89. The maximum Gasteiger partial charge on any atom is 0.0831 e. The van der Waals surface area contributed by atoms with Gasteiger partial charge in [0.25, 0.3) is 0 Å². The smallest absolute Gasteiger partial charge is 0.0831 e. The van der Waals surface area contributed by atoms with Gasteiger partial charge < -0.3 is 9.64 Å². The molecule has 2 nitrogen and oxygen atoms in total. The minimum atomic E-state index is 0.299. The molecule has 2 saturated heterocycles. The van der Waals surface area contributed by atoms with Crippen molar-refractivity contribution in [3.8, 4) is 0 Å². The Hall–Kier alpha value is -0.0800. The summed E-state index contributed by atoms with van der Waals surface area (Å²) in [5.74, 6) is 0. The number of piperidine rings is 1. The van der Waals surface area contributed by atoms with Crippen LogP contribution in [0.15, 0.2) is 0 Å². The van der Waals surface area contributed by atoms with Gasteiger partial charge >= 0.3 is 0 Å². The lowest BCUT2D eigenvalue weighted by Crippen LogP contribution is -2.54. The molecule has 0 aromatic heterocycles. The summed E-state index contributed by atoms with van der Waals surface area (Å²) in [6.45, 7) is 3.41. The number of likely N-dealkylation sites (tertiary alicyclic amines) is 1. The van der Waals surface area contributed by atoms with E-state index in [1.165, 1.54) is 25.8 Å². The lowest BCUT2D eigenvalue weighted by atomic mass is 9.86. The van der Waals surface area contributed by atoms with Crippen molar-refractivity contribution in [2.75, 3.05) is 26.7 Å². The summed E-state index contributed by atoms with van der Waals surface area (Å²) in [5, 5.41) is 0. The van der Waals surface area contributed by atoms with Crippen LogP contribution in [0.2, 0.25) is 0 Å². The largest absolute Gasteiger partial charge is 0.373 e. The van der Waals surface area contributed by atoms with Crippen LogP contribution in [0.1, 0.15) is 19.3 Å². The first-order valence-corrected chi connectivity index (χ1v) is 4.13. The van der Waals surface area contributed by atoms with Crippen LogP contribution in [0.4, 0.5) is 0 Å². The van der Waals surface area contributed by atoms with Gasteiger partial charge in [0, 0.05) is 13.0 Å². The average Bonchev–Trinajstić information content (AvgIpc) is 1.85. The molecular formula is C8H15NO. The topological polar surface area (TPSA) is 12.5 Å². The molecule has 2 rings (SSSR count). The summed E-state index contributed by atoms with van der Waals surface area (Å²) in [4.78, 5) is 2.38. The number of ether oxygens (including phenoxy) is 1. The summed E-state index contributed by atoms with van der Waals surface area (Å²) >= 11 is 0. The van der Waals surface area contributed by atoms with Crippen molar-refractivity contribution in [1.82, 2.24) is 4.90 Å². The zero-order valence-electron chi connectivity index (χ0n) is 6.60. The molecular weight excluding hydrogens is 126 g/mol. The van der Waals surface area contributed by atoms with Crippen molar-refractivity contribution < 1.29 is 4.74 Å². The molecule has 0 aromatic carbocycles. The first-order valence-electron chi connectivity index (χ1n) is 4.13.